The van der Waals surface area contributed by atoms with Crippen molar-refractivity contribution in [1.82, 2.24) is 9.62 Å². The number of carbonyl (C=O) groups is 1. The Balaban J connectivity index is 1.84. The molecule has 8 heteroatoms. The van der Waals surface area contributed by atoms with E-state index in [4.69, 9.17) is 4.74 Å². The van der Waals surface area contributed by atoms with Gasteiger partial charge < -0.3 is 10.1 Å². The molecule has 2 aromatic rings. The Morgan fingerprint density at radius 3 is 2.52 bits per heavy atom. The van der Waals surface area contributed by atoms with Crippen molar-refractivity contribution in [2.75, 3.05) is 27.2 Å². The fraction of sp³-hybridized carbons (Fsp3) is 0.316. The van der Waals surface area contributed by atoms with Crippen molar-refractivity contribution in [3.63, 3.8) is 0 Å². The van der Waals surface area contributed by atoms with Crippen molar-refractivity contribution in [3.05, 3.63) is 64.1 Å². The topological polar surface area (TPSA) is 75.7 Å². The Morgan fingerprint density at radius 1 is 1.15 bits per heavy atom. The SMILES string of the molecule is CN(C)S(=O)(=O)c1cc(C(=O)NCCCOCc2ccccc2)ccc1Br. The zero-order valence-electron chi connectivity index (χ0n) is 15.3. The van der Waals surface area contributed by atoms with E-state index in [1.54, 1.807) is 12.1 Å². The van der Waals surface area contributed by atoms with Crippen LogP contribution in [0.1, 0.15) is 22.3 Å². The quantitative estimate of drug-likeness (QED) is 0.590. The molecule has 0 radical (unpaired) electrons. The Hall–Kier alpha value is -1.74. The van der Waals surface area contributed by atoms with Crippen LogP contribution in [0.15, 0.2) is 57.9 Å². The molecule has 6 nitrogen and oxygen atoms in total. The number of hydrogen-bond donors (Lipinski definition) is 1. The maximum absolute atomic E-state index is 12.3. The third-order valence-corrected chi connectivity index (χ3v) is 6.62. The smallest absolute Gasteiger partial charge is 0.251 e. The van der Waals surface area contributed by atoms with E-state index in [9.17, 15) is 13.2 Å². The number of amides is 1. The summed E-state index contributed by atoms with van der Waals surface area (Å²) in [5.41, 5.74) is 1.40. The second kappa shape index (κ2) is 9.98. The van der Waals surface area contributed by atoms with Crippen molar-refractivity contribution in [3.8, 4) is 0 Å². The van der Waals surface area contributed by atoms with Gasteiger partial charge in [-0.05, 0) is 46.1 Å². The Morgan fingerprint density at radius 2 is 1.85 bits per heavy atom. The molecule has 0 saturated heterocycles. The Bertz CT molecular complexity index is 871. The van der Waals surface area contributed by atoms with Gasteiger partial charge in [0.15, 0.2) is 0 Å². The van der Waals surface area contributed by atoms with Gasteiger partial charge in [0.05, 0.1) is 11.5 Å². The molecular formula is C19H23BrN2O4S. The van der Waals surface area contributed by atoms with Crippen LogP contribution in [0.2, 0.25) is 0 Å². The molecule has 0 aliphatic heterocycles. The number of hydrogen-bond acceptors (Lipinski definition) is 4. The van der Waals surface area contributed by atoms with Crippen LogP contribution in [-0.2, 0) is 21.4 Å². The van der Waals surface area contributed by atoms with Gasteiger partial charge in [-0.25, -0.2) is 12.7 Å². The maximum Gasteiger partial charge on any atom is 0.251 e. The van der Waals surface area contributed by atoms with E-state index < -0.39 is 10.0 Å². The van der Waals surface area contributed by atoms with Crippen LogP contribution < -0.4 is 5.32 Å². The lowest BCUT2D eigenvalue weighted by atomic mass is 10.2. The predicted octanol–water partition coefficient (Wildman–Crippen LogP) is 3.04. The number of nitrogens with zero attached hydrogens (tertiary/aromatic N) is 1. The number of rotatable bonds is 9. The van der Waals surface area contributed by atoms with Gasteiger partial charge >= 0.3 is 0 Å². The average molecular weight is 455 g/mol. The minimum atomic E-state index is -3.64. The van der Waals surface area contributed by atoms with Crippen LogP contribution in [0.25, 0.3) is 0 Å². The molecule has 0 heterocycles. The van der Waals surface area contributed by atoms with Gasteiger partial charge in [0.2, 0.25) is 10.0 Å². The van der Waals surface area contributed by atoms with Gasteiger partial charge in [-0.3, -0.25) is 4.79 Å². The normalized spacial score (nSPS) is 11.6. The zero-order chi connectivity index (χ0) is 19.9. The van der Waals surface area contributed by atoms with Gasteiger partial charge in [0.25, 0.3) is 5.91 Å². The summed E-state index contributed by atoms with van der Waals surface area (Å²) in [6.45, 7) is 1.50. The lowest BCUT2D eigenvalue weighted by Crippen LogP contribution is -2.26. The first-order valence-corrected chi connectivity index (χ1v) is 10.7. The molecule has 0 aliphatic rings. The number of carbonyl (C=O) groups excluding carboxylic acids is 1. The van der Waals surface area contributed by atoms with Crippen LogP contribution in [0.3, 0.4) is 0 Å². The van der Waals surface area contributed by atoms with E-state index >= 15 is 0 Å². The first-order valence-electron chi connectivity index (χ1n) is 8.44. The summed E-state index contributed by atoms with van der Waals surface area (Å²) in [5, 5.41) is 2.78. The lowest BCUT2D eigenvalue weighted by molar-refractivity contribution is 0.0934. The number of benzene rings is 2. The standard InChI is InChI=1S/C19H23BrN2O4S/c1-22(2)27(24,25)18-13-16(9-10-17(18)20)19(23)21-11-6-12-26-14-15-7-4-3-5-8-15/h3-5,7-10,13H,6,11-12,14H2,1-2H3,(H,21,23). The number of sulfonamides is 1. The fourth-order valence-corrected chi connectivity index (χ4v) is 4.13. The van der Waals surface area contributed by atoms with Crippen LogP contribution >= 0.6 is 15.9 Å². The lowest BCUT2D eigenvalue weighted by Gasteiger charge is -2.14. The number of halogens is 1. The summed E-state index contributed by atoms with van der Waals surface area (Å²) in [6.07, 6.45) is 0.665. The highest BCUT2D eigenvalue weighted by Gasteiger charge is 2.22. The summed E-state index contributed by atoms with van der Waals surface area (Å²) in [7, 11) is -0.739. The van der Waals surface area contributed by atoms with E-state index in [0.29, 0.717) is 36.2 Å². The van der Waals surface area contributed by atoms with Crippen LogP contribution in [0.5, 0.6) is 0 Å². The van der Waals surface area contributed by atoms with Gasteiger partial charge in [-0.1, -0.05) is 30.3 Å². The first kappa shape index (κ1) is 21.6. The molecule has 1 amide bonds. The van der Waals surface area contributed by atoms with Crippen molar-refractivity contribution < 1.29 is 17.9 Å². The Kier molecular flexibility index (Phi) is 7.97. The number of nitrogens with one attached hydrogen (secondary N) is 1. The first-order chi connectivity index (χ1) is 12.8. The van der Waals surface area contributed by atoms with Gasteiger partial charge in [0, 0.05) is 37.3 Å². The average Bonchev–Trinajstić information content (AvgIpc) is 2.65. The van der Waals surface area contributed by atoms with Gasteiger partial charge in [-0.2, -0.15) is 0 Å². The van der Waals surface area contributed by atoms with Crippen LogP contribution in [-0.4, -0.2) is 45.9 Å². The van der Waals surface area contributed by atoms with Crippen molar-refractivity contribution in [1.29, 1.82) is 0 Å². The summed E-state index contributed by atoms with van der Waals surface area (Å²) in [6, 6.07) is 14.4. The maximum atomic E-state index is 12.3. The molecule has 2 aromatic carbocycles. The highest BCUT2D eigenvalue weighted by Crippen LogP contribution is 2.25. The Labute approximate surface area is 168 Å². The minimum Gasteiger partial charge on any atom is -0.377 e. The molecule has 0 spiro atoms. The minimum absolute atomic E-state index is 0.0614. The molecule has 27 heavy (non-hydrogen) atoms. The third-order valence-electron chi connectivity index (χ3n) is 3.81. The van der Waals surface area contributed by atoms with E-state index in [1.165, 1.54) is 20.2 Å². The molecule has 0 bridgehead atoms. The predicted molar refractivity (Wildman–Crippen MR) is 108 cm³/mol. The van der Waals surface area contributed by atoms with E-state index in [1.807, 2.05) is 30.3 Å². The molecular weight excluding hydrogens is 432 g/mol. The van der Waals surface area contributed by atoms with Crippen LogP contribution in [0, 0.1) is 0 Å². The molecule has 0 atom stereocenters. The second-order valence-electron chi connectivity index (χ2n) is 6.08. The molecule has 146 valence electrons. The molecule has 0 unspecified atom stereocenters. The largest absolute Gasteiger partial charge is 0.377 e. The molecule has 2 rings (SSSR count). The van der Waals surface area contributed by atoms with Gasteiger partial charge in [-0.15, -0.1) is 0 Å². The second-order valence-corrected chi connectivity index (χ2v) is 9.05. The summed E-state index contributed by atoms with van der Waals surface area (Å²) in [4.78, 5) is 12.3. The molecule has 0 aliphatic carbocycles. The molecule has 0 saturated carbocycles. The summed E-state index contributed by atoms with van der Waals surface area (Å²) >= 11 is 3.23. The van der Waals surface area contributed by atoms with Gasteiger partial charge in [0.1, 0.15) is 0 Å². The van der Waals surface area contributed by atoms with Crippen molar-refractivity contribution in [2.24, 2.45) is 0 Å². The van der Waals surface area contributed by atoms with Crippen molar-refractivity contribution >= 4 is 31.9 Å². The summed E-state index contributed by atoms with van der Waals surface area (Å²) in [5.74, 6) is -0.319. The number of ether oxygens (including phenoxy) is 1. The van der Waals surface area contributed by atoms with Crippen LogP contribution in [0.4, 0.5) is 0 Å². The van der Waals surface area contributed by atoms with E-state index in [0.717, 1.165) is 9.87 Å². The fourth-order valence-electron chi connectivity index (χ4n) is 2.28. The monoisotopic (exact) mass is 454 g/mol. The van der Waals surface area contributed by atoms with E-state index in [2.05, 4.69) is 21.2 Å². The summed E-state index contributed by atoms with van der Waals surface area (Å²) < 4.78 is 31.7. The molecule has 0 fully saturated rings. The van der Waals surface area contributed by atoms with Crippen molar-refractivity contribution in [2.45, 2.75) is 17.9 Å². The van der Waals surface area contributed by atoms with E-state index in [-0.39, 0.29) is 10.8 Å². The molecule has 0 aromatic heterocycles. The molecule has 1 N–H and O–H groups in total. The zero-order valence-corrected chi connectivity index (χ0v) is 17.7. The highest BCUT2D eigenvalue weighted by molar-refractivity contribution is 9.10. The highest BCUT2D eigenvalue weighted by atomic mass is 79.9. The third kappa shape index (κ3) is 6.14.